The first-order chi connectivity index (χ1) is 7.15. The van der Waals surface area contributed by atoms with Crippen molar-refractivity contribution in [3.8, 4) is 6.07 Å². The van der Waals surface area contributed by atoms with Crippen LogP contribution in [-0.4, -0.2) is 14.8 Å². The fourth-order valence-corrected chi connectivity index (χ4v) is 1.50. The summed E-state index contributed by atoms with van der Waals surface area (Å²) in [6.07, 6.45) is 2.92. The van der Waals surface area contributed by atoms with E-state index in [1.165, 1.54) is 12.4 Å². The lowest BCUT2D eigenvalue weighted by atomic mass is 10.2. The van der Waals surface area contributed by atoms with E-state index < -0.39 is 0 Å². The molecule has 0 aliphatic rings. The lowest BCUT2D eigenvalue weighted by Gasteiger charge is -2.05. The maximum atomic E-state index is 11.7. The van der Waals surface area contributed by atoms with Gasteiger partial charge in [-0.3, -0.25) is 4.79 Å². The van der Waals surface area contributed by atoms with Crippen LogP contribution in [0.2, 0.25) is 0 Å². The monoisotopic (exact) mass is 202 g/mol. The summed E-state index contributed by atoms with van der Waals surface area (Å²) < 4.78 is 1.72. The molecule has 2 aromatic rings. The molecule has 0 amide bonds. The summed E-state index contributed by atoms with van der Waals surface area (Å²) in [6, 6.07) is 2.02. The molecule has 0 bridgehead atoms. The van der Waals surface area contributed by atoms with E-state index in [4.69, 9.17) is 5.26 Å². The molecule has 0 fully saturated rings. The van der Waals surface area contributed by atoms with Gasteiger partial charge in [0.15, 0.2) is 0 Å². The second-order valence-corrected chi connectivity index (χ2v) is 3.59. The fraction of sp³-hybridized carbons (Fsp3) is 0.300. The Morgan fingerprint density at radius 3 is 2.93 bits per heavy atom. The Kier molecular flexibility index (Phi) is 2.05. The summed E-state index contributed by atoms with van der Waals surface area (Å²) in [7, 11) is 0. The average molecular weight is 202 g/mol. The molecule has 1 N–H and O–H groups in total. The molecule has 5 heteroatoms. The Balaban J connectivity index is 2.84. The predicted molar refractivity (Wildman–Crippen MR) is 55.5 cm³/mol. The molecule has 0 saturated carbocycles. The van der Waals surface area contributed by atoms with E-state index in [0.29, 0.717) is 11.0 Å². The van der Waals surface area contributed by atoms with Crippen molar-refractivity contribution < 1.29 is 0 Å². The Morgan fingerprint density at radius 2 is 2.33 bits per heavy atom. The molecule has 2 aromatic heterocycles. The number of aromatic amines is 1. The largest absolute Gasteiger partial charge is 0.345 e. The number of fused-ring (bicyclic) bond motifs is 1. The maximum Gasteiger partial charge on any atom is 0.210 e. The van der Waals surface area contributed by atoms with Crippen LogP contribution in [0.4, 0.5) is 0 Å². The first kappa shape index (κ1) is 9.46. The Morgan fingerprint density at radius 1 is 1.60 bits per heavy atom. The van der Waals surface area contributed by atoms with Gasteiger partial charge in [0.25, 0.3) is 0 Å². The number of hydrogen-bond donors (Lipinski definition) is 1. The van der Waals surface area contributed by atoms with E-state index >= 15 is 0 Å². The number of nitrogens with one attached hydrogen (secondary N) is 1. The first-order valence-corrected chi connectivity index (χ1v) is 4.64. The molecular formula is C10H10N4O. The zero-order valence-corrected chi connectivity index (χ0v) is 8.48. The van der Waals surface area contributed by atoms with Gasteiger partial charge in [-0.2, -0.15) is 10.4 Å². The van der Waals surface area contributed by atoms with Crippen LogP contribution in [0.5, 0.6) is 0 Å². The van der Waals surface area contributed by atoms with E-state index in [-0.39, 0.29) is 17.0 Å². The van der Waals surface area contributed by atoms with Gasteiger partial charge in [0.1, 0.15) is 17.3 Å². The standard InChI is InChI=1S/C10H10N4O/c1-6(2)14-10-8(5-13-14)9(15)7(3-11)4-12-10/h4-6H,1-2H3,(H,12,15). The summed E-state index contributed by atoms with van der Waals surface area (Å²) in [4.78, 5) is 14.6. The molecular weight excluding hydrogens is 192 g/mol. The Labute approximate surface area is 86.0 Å². The van der Waals surface area contributed by atoms with Crippen LogP contribution in [0.3, 0.4) is 0 Å². The van der Waals surface area contributed by atoms with Crippen molar-refractivity contribution >= 4 is 11.0 Å². The number of aromatic nitrogens is 3. The van der Waals surface area contributed by atoms with Gasteiger partial charge in [0.05, 0.1) is 11.6 Å². The molecule has 0 radical (unpaired) electrons. The van der Waals surface area contributed by atoms with E-state index in [9.17, 15) is 4.79 Å². The van der Waals surface area contributed by atoms with Crippen molar-refractivity contribution in [2.45, 2.75) is 19.9 Å². The number of nitriles is 1. The molecule has 0 spiro atoms. The SMILES string of the molecule is CC(C)n1ncc2c(=O)c(C#N)c[nH]c21. The molecule has 0 unspecified atom stereocenters. The summed E-state index contributed by atoms with van der Waals surface area (Å²) in [5.41, 5.74) is 0.512. The average Bonchev–Trinajstić information content (AvgIpc) is 2.62. The minimum Gasteiger partial charge on any atom is -0.345 e. The highest BCUT2D eigenvalue weighted by Crippen LogP contribution is 2.12. The summed E-state index contributed by atoms with van der Waals surface area (Å²) in [6.45, 7) is 3.95. The first-order valence-electron chi connectivity index (χ1n) is 4.64. The van der Waals surface area contributed by atoms with Crippen molar-refractivity contribution in [3.05, 3.63) is 28.2 Å². The van der Waals surface area contributed by atoms with Crippen molar-refractivity contribution in [1.82, 2.24) is 14.8 Å². The van der Waals surface area contributed by atoms with Gasteiger partial charge in [-0.25, -0.2) is 4.68 Å². The highest BCUT2D eigenvalue weighted by Gasteiger charge is 2.10. The van der Waals surface area contributed by atoms with Gasteiger partial charge in [-0.05, 0) is 13.8 Å². The predicted octanol–water partition coefficient (Wildman–Crippen LogP) is 1.18. The van der Waals surface area contributed by atoms with Gasteiger partial charge in [-0.1, -0.05) is 0 Å². The number of hydrogen-bond acceptors (Lipinski definition) is 3. The number of H-pyrrole nitrogens is 1. The van der Waals surface area contributed by atoms with Crippen LogP contribution in [-0.2, 0) is 0 Å². The Bertz CT molecular complexity index is 600. The molecule has 2 rings (SSSR count). The second kappa shape index (κ2) is 3.24. The molecule has 2 heterocycles. The minimum absolute atomic E-state index is 0.116. The van der Waals surface area contributed by atoms with Crippen LogP contribution in [0, 0.1) is 11.3 Å². The highest BCUT2D eigenvalue weighted by molar-refractivity contribution is 5.75. The van der Waals surface area contributed by atoms with Crippen LogP contribution in [0.1, 0.15) is 25.5 Å². The van der Waals surface area contributed by atoms with Crippen LogP contribution < -0.4 is 5.43 Å². The quantitative estimate of drug-likeness (QED) is 0.754. The highest BCUT2D eigenvalue weighted by atomic mass is 16.1. The van der Waals surface area contributed by atoms with Crippen LogP contribution in [0.15, 0.2) is 17.2 Å². The summed E-state index contributed by atoms with van der Waals surface area (Å²) >= 11 is 0. The van der Waals surface area contributed by atoms with Crippen molar-refractivity contribution in [2.75, 3.05) is 0 Å². The molecule has 0 aliphatic heterocycles. The zero-order chi connectivity index (χ0) is 11.0. The summed E-state index contributed by atoms with van der Waals surface area (Å²) in [5.74, 6) is 0. The third kappa shape index (κ3) is 1.31. The van der Waals surface area contributed by atoms with E-state index in [1.807, 2.05) is 19.9 Å². The topological polar surface area (TPSA) is 74.5 Å². The van der Waals surface area contributed by atoms with E-state index in [2.05, 4.69) is 10.1 Å². The van der Waals surface area contributed by atoms with Gasteiger partial charge in [0.2, 0.25) is 5.43 Å². The van der Waals surface area contributed by atoms with E-state index in [0.717, 1.165) is 0 Å². The number of rotatable bonds is 1. The van der Waals surface area contributed by atoms with Gasteiger partial charge in [-0.15, -0.1) is 0 Å². The van der Waals surface area contributed by atoms with E-state index in [1.54, 1.807) is 4.68 Å². The van der Waals surface area contributed by atoms with Gasteiger partial charge < -0.3 is 4.98 Å². The number of nitrogens with zero attached hydrogens (tertiary/aromatic N) is 3. The van der Waals surface area contributed by atoms with Crippen molar-refractivity contribution in [1.29, 1.82) is 5.26 Å². The minimum atomic E-state index is -0.266. The second-order valence-electron chi connectivity index (χ2n) is 3.59. The lowest BCUT2D eigenvalue weighted by molar-refractivity contribution is 0.546. The maximum absolute atomic E-state index is 11.7. The fourth-order valence-electron chi connectivity index (χ4n) is 1.50. The van der Waals surface area contributed by atoms with Crippen LogP contribution >= 0.6 is 0 Å². The molecule has 15 heavy (non-hydrogen) atoms. The molecule has 5 nitrogen and oxygen atoms in total. The molecule has 0 aliphatic carbocycles. The third-order valence-corrected chi connectivity index (χ3v) is 2.25. The van der Waals surface area contributed by atoms with Crippen molar-refractivity contribution in [2.24, 2.45) is 0 Å². The number of pyridine rings is 1. The molecule has 0 atom stereocenters. The van der Waals surface area contributed by atoms with Crippen LogP contribution in [0.25, 0.3) is 11.0 Å². The van der Waals surface area contributed by atoms with Gasteiger partial charge >= 0.3 is 0 Å². The third-order valence-electron chi connectivity index (χ3n) is 2.25. The molecule has 0 saturated heterocycles. The Hall–Kier alpha value is -2.09. The zero-order valence-electron chi connectivity index (χ0n) is 8.48. The molecule has 0 aromatic carbocycles. The molecule has 76 valence electrons. The summed E-state index contributed by atoms with van der Waals surface area (Å²) in [5, 5.41) is 13.3. The normalized spacial score (nSPS) is 10.8. The lowest BCUT2D eigenvalue weighted by Crippen LogP contribution is -2.09. The van der Waals surface area contributed by atoms with Crippen molar-refractivity contribution in [3.63, 3.8) is 0 Å². The van der Waals surface area contributed by atoms with Gasteiger partial charge in [0, 0.05) is 12.2 Å². The smallest absolute Gasteiger partial charge is 0.210 e.